The number of carbonyl (C=O) groups excluding carboxylic acids is 3. The number of furan rings is 1. The smallest absolute Gasteiger partial charge is 0.373 e. The van der Waals surface area contributed by atoms with Crippen LogP contribution in [0.3, 0.4) is 0 Å². The average Bonchev–Trinajstić information content (AvgIpc) is 3.45. The van der Waals surface area contributed by atoms with Gasteiger partial charge >= 0.3 is 5.97 Å². The molecule has 0 bridgehead atoms. The monoisotopic (exact) mass is 422 g/mol. The molecule has 3 heterocycles. The number of carbonyl (C=O) groups is 3. The van der Waals surface area contributed by atoms with Crippen molar-refractivity contribution in [3.63, 3.8) is 0 Å². The topological polar surface area (TPSA) is 81.8 Å². The molecule has 7 nitrogen and oxygen atoms in total. The third kappa shape index (κ3) is 3.81. The van der Waals surface area contributed by atoms with Crippen molar-refractivity contribution >= 4 is 35.0 Å². The van der Waals surface area contributed by atoms with Gasteiger partial charge in [0.25, 0.3) is 11.1 Å². The van der Waals surface area contributed by atoms with E-state index in [1.54, 1.807) is 12.1 Å². The minimum Gasteiger partial charge on any atom is -0.463 e. The summed E-state index contributed by atoms with van der Waals surface area (Å²) in [5, 5.41) is -0.393. The van der Waals surface area contributed by atoms with Crippen molar-refractivity contribution in [2.24, 2.45) is 0 Å². The lowest BCUT2D eigenvalue weighted by Gasteiger charge is -2.10. The molecule has 0 saturated carbocycles. The highest BCUT2D eigenvalue weighted by atomic mass is 32.2. The highest BCUT2D eigenvalue weighted by molar-refractivity contribution is 8.18. The van der Waals surface area contributed by atoms with E-state index in [0.29, 0.717) is 10.7 Å². The molecule has 0 atom stereocenters. The van der Waals surface area contributed by atoms with E-state index in [1.165, 1.54) is 13.2 Å². The van der Waals surface area contributed by atoms with Gasteiger partial charge in [-0.05, 0) is 61.2 Å². The van der Waals surface area contributed by atoms with Gasteiger partial charge in [-0.25, -0.2) is 4.79 Å². The Morgan fingerprint density at radius 2 is 1.90 bits per heavy atom. The van der Waals surface area contributed by atoms with Gasteiger partial charge in [0.1, 0.15) is 5.76 Å². The summed E-state index contributed by atoms with van der Waals surface area (Å²) in [6.45, 7) is 1.96. The van der Waals surface area contributed by atoms with Crippen LogP contribution in [0, 0.1) is 6.92 Å². The van der Waals surface area contributed by atoms with Crippen LogP contribution in [0.2, 0.25) is 0 Å². The number of nitrogens with zero attached hydrogens (tertiary/aromatic N) is 2. The third-order valence-electron chi connectivity index (χ3n) is 4.61. The fraction of sp³-hybridized carbons (Fsp3) is 0.136. The molecular formula is C22H18N2O5S. The van der Waals surface area contributed by atoms with Crippen molar-refractivity contribution < 1.29 is 23.5 Å². The number of benzene rings is 1. The SMILES string of the molecule is COC(=O)c1ccc(CN2C(=O)SC(=Cc3cccn3-c3ccc(C)cc3)C2=O)o1. The molecule has 0 aliphatic carbocycles. The van der Waals surface area contributed by atoms with Crippen molar-refractivity contribution in [1.29, 1.82) is 0 Å². The van der Waals surface area contributed by atoms with Gasteiger partial charge in [-0.1, -0.05) is 17.7 Å². The molecule has 3 aromatic rings. The second-order valence-electron chi connectivity index (χ2n) is 6.66. The molecule has 2 aromatic heterocycles. The van der Waals surface area contributed by atoms with E-state index in [-0.39, 0.29) is 12.3 Å². The van der Waals surface area contributed by atoms with Crippen molar-refractivity contribution in [2.45, 2.75) is 13.5 Å². The van der Waals surface area contributed by atoms with Gasteiger partial charge in [0.05, 0.1) is 18.6 Å². The third-order valence-corrected chi connectivity index (χ3v) is 5.51. The van der Waals surface area contributed by atoms with Crippen LogP contribution in [0.5, 0.6) is 0 Å². The Morgan fingerprint density at radius 3 is 2.63 bits per heavy atom. The summed E-state index contributed by atoms with van der Waals surface area (Å²) in [6.07, 6.45) is 3.60. The lowest BCUT2D eigenvalue weighted by atomic mass is 10.2. The van der Waals surface area contributed by atoms with E-state index >= 15 is 0 Å². The first-order chi connectivity index (χ1) is 14.5. The van der Waals surface area contributed by atoms with Crippen LogP contribution in [0.15, 0.2) is 64.1 Å². The second kappa shape index (κ2) is 8.08. The Balaban J connectivity index is 1.55. The molecule has 1 aliphatic heterocycles. The number of methoxy groups -OCH3 is 1. The molecule has 0 N–H and O–H groups in total. The van der Waals surface area contributed by atoms with Crippen molar-refractivity contribution in [1.82, 2.24) is 9.47 Å². The number of rotatable bonds is 5. The summed E-state index contributed by atoms with van der Waals surface area (Å²) in [5.74, 6) is -0.683. The molecule has 1 aromatic carbocycles. The molecule has 0 unspecified atom stereocenters. The fourth-order valence-corrected chi connectivity index (χ4v) is 3.87. The Morgan fingerprint density at radius 1 is 1.13 bits per heavy atom. The van der Waals surface area contributed by atoms with E-state index in [2.05, 4.69) is 4.74 Å². The van der Waals surface area contributed by atoms with Crippen LogP contribution in [-0.2, 0) is 16.1 Å². The Kier molecular flexibility index (Phi) is 5.33. The molecule has 1 fully saturated rings. The maximum Gasteiger partial charge on any atom is 0.373 e. The largest absolute Gasteiger partial charge is 0.463 e. The summed E-state index contributed by atoms with van der Waals surface area (Å²) < 4.78 is 11.9. The van der Waals surface area contributed by atoms with Crippen LogP contribution in [0.4, 0.5) is 4.79 Å². The summed E-state index contributed by atoms with van der Waals surface area (Å²) >= 11 is 0.875. The van der Waals surface area contributed by atoms with Crippen LogP contribution >= 0.6 is 11.8 Å². The number of amides is 2. The number of aryl methyl sites for hydroxylation is 1. The lowest BCUT2D eigenvalue weighted by molar-refractivity contribution is -0.123. The quantitative estimate of drug-likeness (QED) is 0.448. The molecular weight excluding hydrogens is 404 g/mol. The van der Waals surface area contributed by atoms with Crippen molar-refractivity contribution in [3.05, 3.63) is 82.4 Å². The number of imide groups is 1. The van der Waals surface area contributed by atoms with Crippen molar-refractivity contribution in [2.75, 3.05) is 7.11 Å². The normalized spacial score (nSPS) is 15.3. The molecule has 0 spiro atoms. The summed E-state index contributed by atoms with van der Waals surface area (Å²) in [7, 11) is 1.25. The lowest BCUT2D eigenvalue weighted by Crippen LogP contribution is -2.27. The van der Waals surface area contributed by atoms with Crippen molar-refractivity contribution in [3.8, 4) is 5.69 Å². The van der Waals surface area contributed by atoms with Crippen LogP contribution < -0.4 is 0 Å². The minimum atomic E-state index is -0.618. The van der Waals surface area contributed by atoms with E-state index in [0.717, 1.165) is 33.6 Å². The van der Waals surface area contributed by atoms with E-state index < -0.39 is 17.1 Å². The summed E-state index contributed by atoms with van der Waals surface area (Å²) in [6, 6.07) is 14.8. The van der Waals surface area contributed by atoms with Gasteiger partial charge in [0.2, 0.25) is 5.76 Å². The van der Waals surface area contributed by atoms with E-state index in [9.17, 15) is 14.4 Å². The fourth-order valence-electron chi connectivity index (χ4n) is 3.05. The zero-order valence-corrected chi connectivity index (χ0v) is 17.1. The Hall–Kier alpha value is -3.52. The molecule has 1 saturated heterocycles. The van der Waals surface area contributed by atoms with Gasteiger partial charge in [-0.3, -0.25) is 14.5 Å². The van der Waals surface area contributed by atoms with Gasteiger partial charge in [-0.2, -0.15) is 0 Å². The average molecular weight is 422 g/mol. The van der Waals surface area contributed by atoms with Gasteiger partial charge in [-0.15, -0.1) is 0 Å². The molecule has 2 amide bonds. The number of esters is 1. The molecule has 152 valence electrons. The highest BCUT2D eigenvalue weighted by Crippen LogP contribution is 2.34. The maximum absolute atomic E-state index is 12.8. The van der Waals surface area contributed by atoms with E-state index in [4.69, 9.17) is 4.42 Å². The van der Waals surface area contributed by atoms with Crippen LogP contribution in [0.25, 0.3) is 11.8 Å². The van der Waals surface area contributed by atoms with Gasteiger partial charge in [0.15, 0.2) is 0 Å². The molecule has 4 rings (SSSR count). The Labute approximate surface area is 176 Å². The number of aromatic nitrogens is 1. The zero-order chi connectivity index (χ0) is 21.3. The molecule has 1 aliphatic rings. The number of thioether (sulfide) groups is 1. The first-order valence-electron chi connectivity index (χ1n) is 9.13. The molecule has 8 heteroatoms. The summed E-state index contributed by atoms with van der Waals surface area (Å²) in [5.41, 5.74) is 2.90. The Bertz CT molecular complexity index is 1160. The number of hydrogen-bond acceptors (Lipinski definition) is 6. The molecule has 30 heavy (non-hydrogen) atoms. The standard InChI is InChI=1S/C22H18N2O5S/c1-14-5-7-15(8-6-14)23-11-3-4-16(23)12-19-20(25)24(22(27)30-19)13-17-9-10-18(29-17)21(26)28-2/h3-12H,13H2,1-2H3. The van der Waals surface area contributed by atoms with E-state index in [1.807, 2.05) is 54.1 Å². The van der Waals surface area contributed by atoms with Crippen LogP contribution in [0.1, 0.15) is 27.6 Å². The van der Waals surface area contributed by atoms with Gasteiger partial charge < -0.3 is 13.7 Å². The minimum absolute atomic E-state index is 0.0194. The van der Waals surface area contributed by atoms with Crippen LogP contribution in [-0.4, -0.2) is 33.7 Å². The number of hydrogen-bond donors (Lipinski definition) is 0. The molecule has 0 radical (unpaired) electrons. The highest BCUT2D eigenvalue weighted by Gasteiger charge is 2.36. The predicted molar refractivity (Wildman–Crippen MR) is 112 cm³/mol. The first kappa shape index (κ1) is 19.8. The maximum atomic E-state index is 12.8. The predicted octanol–water partition coefficient (Wildman–Crippen LogP) is 4.40. The number of ether oxygens (including phenoxy) is 1. The second-order valence-corrected chi connectivity index (χ2v) is 7.66. The first-order valence-corrected chi connectivity index (χ1v) is 9.94. The van der Waals surface area contributed by atoms with Gasteiger partial charge in [0, 0.05) is 17.6 Å². The summed E-state index contributed by atoms with van der Waals surface area (Å²) in [4.78, 5) is 38.1. The zero-order valence-electron chi connectivity index (χ0n) is 16.3.